The van der Waals surface area contributed by atoms with E-state index >= 15 is 0 Å². The van der Waals surface area contributed by atoms with E-state index in [1.807, 2.05) is 11.8 Å². The number of nitrogens with one attached hydrogen (secondary N) is 1. The maximum atomic E-state index is 13.0. The smallest absolute Gasteiger partial charge is 0.314 e. The van der Waals surface area contributed by atoms with Crippen molar-refractivity contribution in [3.63, 3.8) is 0 Å². The second-order valence-electron chi connectivity index (χ2n) is 5.93. The number of rotatable bonds is 4. The van der Waals surface area contributed by atoms with Gasteiger partial charge < -0.3 is 5.32 Å². The van der Waals surface area contributed by atoms with E-state index in [4.69, 9.17) is 0 Å². The van der Waals surface area contributed by atoms with Gasteiger partial charge >= 0.3 is 12.4 Å². The summed E-state index contributed by atoms with van der Waals surface area (Å²) < 4.78 is 78.2. The van der Waals surface area contributed by atoms with Crippen LogP contribution < -0.4 is 5.32 Å². The van der Waals surface area contributed by atoms with Crippen molar-refractivity contribution in [2.24, 2.45) is 0 Å². The summed E-state index contributed by atoms with van der Waals surface area (Å²) in [5.74, 6) is 0. The average Bonchev–Trinajstić information content (AvgIpc) is 2.51. The number of nitrogens with zero attached hydrogens (tertiary/aromatic N) is 1. The van der Waals surface area contributed by atoms with Crippen LogP contribution in [-0.2, 0) is 12.4 Å². The van der Waals surface area contributed by atoms with Crippen molar-refractivity contribution in [1.82, 2.24) is 10.2 Å². The molecule has 25 heavy (non-hydrogen) atoms. The first-order chi connectivity index (χ1) is 11.1. The lowest BCUT2D eigenvalue weighted by atomic mass is 9.95. The zero-order valence-corrected chi connectivity index (χ0v) is 14.5. The molecule has 1 atom stereocenters. The molecule has 144 valence electrons. The van der Waals surface area contributed by atoms with E-state index in [-0.39, 0.29) is 24.0 Å². The van der Waals surface area contributed by atoms with Crippen LogP contribution in [0.25, 0.3) is 0 Å². The van der Waals surface area contributed by atoms with E-state index in [1.165, 1.54) is 0 Å². The molecule has 0 aromatic heterocycles. The second kappa shape index (κ2) is 8.60. The summed E-state index contributed by atoms with van der Waals surface area (Å²) in [6, 6.07) is 1.46. The first-order valence-electron chi connectivity index (χ1n) is 7.87. The molecular formula is C16H21ClF6N2. The van der Waals surface area contributed by atoms with Gasteiger partial charge in [0.05, 0.1) is 11.1 Å². The fourth-order valence-electron chi connectivity index (χ4n) is 3.00. The predicted molar refractivity (Wildman–Crippen MR) is 85.8 cm³/mol. The highest BCUT2D eigenvalue weighted by atomic mass is 35.5. The zero-order valence-electron chi connectivity index (χ0n) is 13.7. The van der Waals surface area contributed by atoms with Crippen molar-refractivity contribution in [3.8, 4) is 0 Å². The Labute approximate surface area is 149 Å². The Morgan fingerprint density at radius 3 is 1.84 bits per heavy atom. The quantitative estimate of drug-likeness (QED) is 0.736. The molecule has 0 spiro atoms. The molecule has 0 saturated carbocycles. The molecule has 0 unspecified atom stereocenters. The van der Waals surface area contributed by atoms with Crippen LogP contribution in [0.5, 0.6) is 0 Å². The number of benzene rings is 1. The highest BCUT2D eigenvalue weighted by Gasteiger charge is 2.38. The van der Waals surface area contributed by atoms with E-state index in [0.717, 1.165) is 12.1 Å². The summed E-state index contributed by atoms with van der Waals surface area (Å²) in [7, 11) is 0. The summed E-state index contributed by atoms with van der Waals surface area (Å²) in [4.78, 5) is 1.95. The van der Waals surface area contributed by atoms with Crippen molar-refractivity contribution in [2.45, 2.75) is 38.2 Å². The highest BCUT2D eigenvalue weighted by molar-refractivity contribution is 5.85. The Morgan fingerprint density at radius 2 is 1.44 bits per heavy atom. The van der Waals surface area contributed by atoms with Gasteiger partial charge in [0, 0.05) is 32.2 Å². The van der Waals surface area contributed by atoms with Gasteiger partial charge in [-0.1, -0.05) is 13.3 Å². The summed E-state index contributed by atoms with van der Waals surface area (Å²) in [6.07, 6.45) is -8.43. The summed E-state index contributed by atoms with van der Waals surface area (Å²) >= 11 is 0. The molecule has 9 heteroatoms. The predicted octanol–water partition coefficient (Wildman–Crippen LogP) is 4.89. The normalized spacial score (nSPS) is 17.9. The van der Waals surface area contributed by atoms with Crippen molar-refractivity contribution in [3.05, 3.63) is 34.9 Å². The number of piperazine rings is 1. The molecule has 1 fully saturated rings. The van der Waals surface area contributed by atoms with Gasteiger partial charge in [-0.15, -0.1) is 12.4 Å². The Bertz CT molecular complexity index is 520. The molecule has 1 aromatic carbocycles. The zero-order chi connectivity index (χ0) is 18.0. The van der Waals surface area contributed by atoms with Gasteiger partial charge in [-0.2, -0.15) is 26.3 Å². The average molecular weight is 391 g/mol. The van der Waals surface area contributed by atoms with Gasteiger partial charge in [-0.3, -0.25) is 4.90 Å². The SMILES string of the molecule is CCC[C@H](c1cc(C(F)(F)F)cc(C(F)(F)F)c1)N1CCNCC1.Cl. The Hall–Kier alpha value is -0.990. The van der Waals surface area contributed by atoms with Crippen LogP contribution in [0.2, 0.25) is 0 Å². The third-order valence-corrected chi connectivity index (χ3v) is 4.15. The minimum absolute atomic E-state index is 0. The van der Waals surface area contributed by atoms with Gasteiger partial charge in [0.25, 0.3) is 0 Å². The minimum Gasteiger partial charge on any atom is -0.314 e. The molecule has 1 N–H and O–H groups in total. The maximum Gasteiger partial charge on any atom is 0.416 e. The Kier molecular flexibility index (Phi) is 7.58. The van der Waals surface area contributed by atoms with Crippen molar-refractivity contribution >= 4 is 12.4 Å². The Morgan fingerprint density at radius 1 is 0.960 bits per heavy atom. The van der Waals surface area contributed by atoms with Crippen molar-refractivity contribution < 1.29 is 26.3 Å². The first-order valence-corrected chi connectivity index (χ1v) is 7.87. The molecule has 1 saturated heterocycles. The monoisotopic (exact) mass is 390 g/mol. The molecule has 0 amide bonds. The lowest BCUT2D eigenvalue weighted by Gasteiger charge is -2.35. The molecule has 1 aromatic rings. The van der Waals surface area contributed by atoms with E-state index in [1.54, 1.807) is 0 Å². The van der Waals surface area contributed by atoms with E-state index in [9.17, 15) is 26.3 Å². The molecule has 0 bridgehead atoms. The number of halogens is 7. The summed E-state index contributed by atoms with van der Waals surface area (Å²) in [6.45, 7) is 4.41. The topological polar surface area (TPSA) is 15.3 Å². The van der Waals surface area contributed by atoms with Gasteiger partial charge in [0.1, 0.15) is 0 Å². The van der Waals surface area contributed by atoms with E-state index in [0.29, 0.717) is 39.0 Å². The molecular weight excluding hydrogens is 370 g/mol. The number of hydrogen-bond acceptors (Lipinski definition) is 2. The van der Waals surface area contributed by atoms with Gasteiger partial charge in [0.15, 0.2) is 0 Å². The van der Waals surface area contributed by atoms with Crippen molar-refractivity contribution in [1.29, 1.82) is 0 Å². The van der Waals surface area contributed by atoms with Crippen molar-refractivity contribution in [2.75, 3.05) is 26.2 Å². The van der Waals surface area contributed by atoms with Crippen LogP contribution in [0.4, 0.5) is 26.3 Å². The lowest BCUT2D eigenvalue weighted by Crippen LogP contribution is -2.45. The van der Waals surface area contributed by atoms with E-state index < -0.39 is 29.5 Å². The van der Waals surface area contributed by atoms with Crippen LogP contribution in [0.3, 0.4) is 0 Å². The number of hydrogen-bond donors (Lipinski definition) is 1. The third-order valence-electron chi connectivity index (χ3n) is 4.15. The van der Waals surface area contributed by atoms with Crippen LogP contribution in [0.1, 0.15) is 42.5 Å². The van der Waals surface area contributed by atoms with Crippen LogP contribution in [-0.4, -0.2) is 31.1 Å². The molecule has 2 rings (SSSR count). The second-order valence-corrected chi connectivity index (χ2v) is 5.93. The fraction of sp³-hybridized carbons (Fsp3) is 0.625. The first kappa shape index (κ1) is 22.1. The fourth-order valence-corrected chi connectivity index (χ4v) is 3.00. The standard InChI is InChI=1S/C16H20F6N2.ClH/c1-2-3-14(24-6-4-23-5-7-24)11-8-12(15(17,18)19)10-13(9-11)16(20,21)22;/h8-10,14,23H,2-7H2,1H3;1H/t14-;/m1./s1. The molecule has 1 heterocycles. The van der Waals surface area contributed by atoms with Gasteiger partial charge in [-0.25, -0.2) is 0 Å². The molecule has 0 aliphatic carbocycles. The van der Waals surface area contributed by atoms with Gasteiger partial charge in [0.2, 0.25) is 0 Å². The lowest BCUT2D eigenvalue weighted by molar-refractivity contribution is -0.143. The van der Waals surface area contributed by atoms with E-state index in [2.05, 4.69) is 5.32 Å². The third kappa shape index (κ3) is 5.76. The van der Waals surface area contributed by atoms with Crippen LogP contribution >= 0.6 is 12.4 Å². The molecule has 1 aliphatic heterocycles. The largest absolute Gasteiger partial charge is 0.416 e. The minimum atomic E-state index is -4.81. The summed E-state index contributed by atoms with van der Waals surface area (Å²) in [5.41, 5.74) is -2.41. The highest BCUT2D eigenvalue weighted by Crippen LogP contribution is 2.39. The molecule has 2 nitrogen and oxygen atoms in total. The summed E-state index contributed by atoms with van der Waals surface area (Å²) in [5, 5.41) is 3.13. The Balaban J connectivity index is 0.00000312. The molecule has 0 radical (unpaired) electrons. The van der Waals surface area contributed by atoms with Crippen LogP contribution in [0.15, 0.2) is 18.2 Å². The number of alkyl halides is 6. The molecule has 1 aliphatic rings. The van der Waals surface area contributed by atoms with Crippen LogP contribution in [0, 0.1) is 0 Å². The van der Waals surface area contributed by atoms with Gasteiger partial charge in [-0.05, 0) is 30.2 Å². The maximum absolute atomic E-state index is 13.0.